The molecule has 6 heteroatoms. The molecule has 1 unspecified atom stereocenters. The zero-order valence-corrected chi connectivity index (χ0v) is 12.2. The van der Waals surface area contributed by atoms with E-state index in [0.717, 1.165) is 16.9 Å². The minimum Gasteiger partial charge on any atom is -0.362 e. The van der Waals surface area contributed by atoms with E-state index in [1.165, 1.54) is 0 Å². The Balaban J connectivity index is 1.92. The van der Waals surface area contributed by atoms with E-state index in [2.05, 4.69) is 15.4 Å². The summed E-state index contributed by atoms with van der Waals surface area (Å²) in [6.45, 7) is 2.02. The molecule has 3 rings (SSSR count). The Morgan fingerprint density at radius 3 is 2.85 bits per heavy atom. The summed E-state index contributed by atoms with van der Waals surface area (Å²) in [5.41, 5.74) is 1.89. The third-order valence-corrected chi connectivity index (χ3v) is 3.67. The first-order chi connectivity index (χ1) is 9.65. The SMILES string of the molecule is CC(Nc1nccn2nccc12)c1ccc(Cl)cc1Cl. The van der Waals surface area contributed by atoms with Gasteiger partial charge in [-0.1, -0.05) is 29.3 Å². The average Bonchev–Trinajstić information content (AvgIpc) is 2.87. The number of rotatable bonds is 3. The maximum atomic E-state index is 6.23. The van der Waals surface area contributed by atoms with Gasteiger partial charge >= 0.3 is 0 Å². The van der Waals surface area contributed by atoms with Crippen LogP contribution in [0.3, 0.4) is 0 Å². The first-order valence-electron chi connectivity index (χ1n) is 6.15. The Bertz CT molecular complexity index is 754. The molecule has 2 aromatic heterocycles. The zero-order valence-electron chi connectivity index (χ0n) is 10.7. The number of nitrogens with one attached hydrogen (secondary N) is 1. The van der Waals surface area contributed by atoms with E-state index in [1.54, 1.807) is 29.2 Å². The van der Waals surface area contributed by atoms with Crippen molar-refractivity contribution in [3.8, 4) is 0 Å². The fourth-order valence-corrected chi connectivity index (χ4v) is 2.68. The molecule has 20 heavy (non-hydrogen) atoms. The van der Waals surface area contributed by atoms with Gasteiger partial charge in [0.25, 0.3) is 0 Å². The summed E-state index contributed by atoms with van der Waals surface area (Å²) in [6, 6.07) is 7.40. The summed E-state index contributed by atoms with van der Waals surface area (Å²) >= 11 is 12.1. The molecule has 0 aliphatic rings. The second kappa shape index (κ2) is 5.31. The van der Waals surface area contributed by atoms with Crippen molar-refractivity contribution < 1.29 is 0 Å². The number of hydrogen-bond acceptors (Lipinski definition) is 3. The van der Waals surface area contributed by atoms with Crippen LogP contribution in [0.4, 0.5) is 5.82 Å². The van der Waals surface area contributed by atoms with Crippen LogP contribution >= 0.6 is 23.2 Å². The molecule has 0 amide bonds. The van der Waals surface area contributed by atoms with Crippen molar-refractivity contribution in [3.63, 3.8) is 0 Å². The van der Waals surface area contributed by atoms with Crippen molar-refractivity contribution in [2.75, 3.05) is 5.32 Å². The third-order valence-electron chi connectivity index (χ3n) is 3.11. The summed E-state index contributed by atoms with van der Waals surface area (Å²) in [6.07, 6.45) is 5.25. The van der Waals surface area contributed by atoms with Crippen LogP contribution in [0.2, 0.25) is 10.0 Å². The van der Waals surface area contributed by atoms with E-state index in [1.807, 2.05) is 25.1 Å². The van der Waals surface area contributed by atoms with Gasteiger partial charge in [-0.05, 0) is 30.7 Å². The highest BCUT2D eigenvalue weighted by atomic mass is 35.5. The Labute approximate surface area is 126 Å². The van der Waals surface area contributed by atoms with Gasteiger partial charge in [0, 0.05) is 22.4 Å². The lowest BCUT2D eigenvalue weighted by atomic mass is 10.1. The minimum atomic E-state index is 0.00775. The van der Waals surface area contributed by atoms with Gasteiger partial charge in [0.05, 0.1) is 12.2 Å². The molecule has 4 nitrogen and oxygen atoms in total. The predicted octanol–water partition coefficient (Wildman–Crippen LogP) is 4.21. The molecule has 3 aromatic rings. The highest BCUT2D eigenvalue weighted by Gasteiger charge is 2.12. The Kier molecular flexibility index (Phi) is 3.51. The maximum Gasteiger partial charge on any atom is 0.152 e. The predicted molar refractivity (Wildman–Crippen MR) is 81.5 cm³/mol. The van der Waals surface area contributed by atoms with Crippen LogP contribution in [0.25, 0.3) is 5.52 Å². The molecule has 0 aliphatic carbocycles. The first-order valence-corrected chi connectivity index (χ1v) is 6.90. The van der Waals surface area contributed by atoms with E-state index in [0.29, 0.717) is 10.0 Å². The monoisotopic (exact) mass is 306 g/mol. The molecule has 0 aliphatic heterocycles. The highest BCUT2D eigenvalue weighted by Crippen LogP contribution is 2.28. The molecule has 0 bridgehead atoms. The number of anilines is 1. The van der Waals surface area contributed by atoms with Crippen molar-refractivity contribution in [3.05, 3.63) is 58.5 Å². The van der Waals surface area contributed by atoms with Gasteiger partial charge in [-0.3, -0.25) is 0 Å². The molecule has 0 saturated carbocycles. The molecule has 1 N–H and O–H groups in total. The summed E-state index contributed by atoms with van der Waals surface area (Å²) < 4.78 is 1.77. The van der Waals surface area contributed by atoms with Gasteiger partial charge in [-0.25, -0.2) is 9.50 Å². The van der Waals surface area contributed by atoms with Crippen molar-refractivity contribution in [2.45, 2.75) is 13.0 Å². The van der Waals surface area contributed by atoms with Gasteiger partial charge in [-0.2, -0.15) is 5.10 Å². The van der Waals surface area contributed by atoms with Crippen molar-refractivity contribution in [1.82, 2.24) is 14.6 Å². The maximum absolute atomic E-state index is 6.23. The lowest BCUT2D eigenvalue weighted by Crippen LogP contribution is -2.09. The first kappa shape index (κ1) is 13.2. The Morgan fingerprint density at radius 1 is 1.20 bits per heavy atom. The number of aromatic nitrogens is 3. The number of benzene rings is 1. The summed E-state index contributed by atoms with van der Waals surface area (Å²) in [5, 5.41) is 8.79. The van der Waals surface area contributed by atoms with Crippen molar-refractivity contribution in [1.29, 1.82) is 0 Å². The lowest BCUT2D eigenvalue weighted by Gasteiger charge is -2.17. The summed E-state index contributed by atoms with van der Waals surface area (Å²) in [4.78, 5) is 4.35. The number of hydrogen-bond donors (Lipinski definition) is 1. The molecular formula is C14H12Cl2N4. The van der Waals surface area contributed by atoms with Crippen LogP contribution in [-0.2, 0) is 0 Å². The molecule has 0 fully saturated rings. The molecule has 1 atom stereocenters. The normalized spacial score (nSPS) is 12.6. The van der Waals surface area contributed by atoms with Crippen molar-refractivity contribution >= 4 is 34.5 Å². The molecular weight excluding hydrogens is 295 g/mol. The number of fused-ring (bicyclic) bond motifs is 1. The van der Waals surface area contributed by atoms with Gasteiger partial charge in [0.2, 0.25) is 0 Å². The fraction of sp³-hybridized carbons (Fsp3) is 0.143. The van der Waals surface area contributed by atoms with E-state index in [9.17, 15) is 0 Å². The van der Waals surface area contributed by atoms with Crippen LogP contribution in [0.5, 0.6) is 0 Å². The van der Waals surface area contributed by atoms with Crippen LogP contribution < -0.4 is 5.32 Å². The highest BCUT2D eigenvalue weighted by molar-refractivity contribution is 6.35. The molecule has 1 aromatic carbocycles. The van der Waals surface area contributed by atoms with E-state index in [-0.39, 0.29) is 6.04 Å². The topological polar surface area (TPSA) is 42.2 Å². The van der Waals surface area contributed by atoms with E-state index in [4.69, 9.17) is 23.2 Å². The van der Waals surface area contributed by atoms with Crippen molar-refractivity contribution in [2.24, 2.45) is 0 Å². The molecule has 0 spiro atoms. The quantitative estimate of drug-likeness (QED) is 0.788. The van der Waals surface area contributed by atoms with Crippen LogP contribution in [0.15, 0.2) is 42.9 Å². The van der Waals surface area contributed by atoms with E-state index >= 15 is 0 Å². The van der Waals surface area contributed by atoms with Gasteiger partial charge in [0.15, 0.2) is 5.82 Å². The Morgan fingerprint density at radius 2 is 2.05 bits per heavy atom. The van der Waals surface area contributed by atoms with Crippen LogP contribution in [0, 0.1) is 0 Å². The lowest BCUT2D eigenvalue weighted by molar-refractivity contribution is 0.867. The molecule has 0 saturated heterocycles. The van der Waals surface area contributed by atoms with Crippen LogP contribution in [0.1, 0.15) is 18.5 Å². The third kappa shape index (κ3) is 2.44. The molecule has 102 valence electrons. The molecule has 2 heterocycles. The summed E-state index contributed by atoms with van der Waals surface area (Å²) in [5.74, 6) is 0.767. The standard InChI is InChI=1S/C14H12Cl2N4/c1-9(11-3-2-10(15)8-12(11)16)19-14-13-4-5-18-20(13)7-6-17-14/h2-9H,1H3,(H,17,19). The second-order valence-corrected chi connectivity index (χ2v) is 5.31. The largest absolute Gasteiger partial charge is 0.362 e. The molecule has 0 radical (unpaired) electrons. The fourth-order valence-electron chi connectivity index (χ4n) is 2.10. The van der Waals surface area contributed by atoms with Gasteiger partial charge in [-0.15, -0.1) is 0 Å². The van der Waals surface area contributed by atoms with Gasteiger partial charge < -0.3 is 5.32 Å². The minimum absolute atomic E-state index is 0.00775. The zero-order chi connectivity index (χ0) is 14.1. The smallest absolute Gasteiger partial charge is 0.152 e. The summed E-state index contributed by atoms with van der Waals surface area (Å²) in [7, 11) is 0. The van der Waals surface area contributed by atoms with Gasteiger partial charge in [0.1, 0.15) is 5.52 Å². The number of nitrogens with zero attached hydrogens (tertiary/aromatic N) is 3. The van der Waals surface area contributed by atoms with E-state index < -0.39 is 0 Å². The average molecular weight is 307 g/mol. The van der Waals surface area contributed by atoms with Crippen LogP contribution in [-0.4, -0.2) is 14.6 Å². The Hall–Kier alpha value is -1.78. The number of halogens is 2. The second-order valence-electron chi connectivity index (χ2n) is 4.47.